The van der Waals surface area contributed by atoms with E-state index in [0.717, 1.165) is 57.8 Å². The van der Waals surface area contributed by atoms with Gasteiger partial charge in [0.1, 0.15) is 19.8 Å². The van der Waals surface area contributed by atoms with Crippen LogP contribution in [0.2, 0.25) is 0 Å². The molecule has 0 N–H and O–H groups in total. The predicted octanol–water partition coefficient (Wildman–Crippen LogP) is 7.99. The summed E-state index contributed by atoms with van der Waals surface area (Å²) in [6, 6.07) is 0. The minimum atomic E-state index is -4.60. The van der Waals surface area contributed by atoms with E-state index >= 15 is 0 Å². The third-order valence-electron chi connectivity index (χ3n) is 6.91. The zero-order chi connectivity index (χ0) is 33.7. The van der Waals surface area contributed by atoms with E-state index in [-0.39, 0.29) is 26.1 Å². The molecule has 0 saturated heterocycles. The number of hydrogen-bond acceptors (Lipinski definition) is 8. The zero-order valence-corrected chi connectivity index (χ0v) is 29.9. The molecule has 0 bridgehead atoms. The van der Waals surface area contributed by atoms with Crippen LogP contribution in [-0.4, -0.2) is 70.0 Å². The van der Waals surface area contributed by atoms with E-state index in [0.29, 0.717) is 23.9 Å². The first-order valence-corrected chi connectivity index (χ1v) is 18.7. The second kappa shape index (κ2) is 28.5. The number of carbonyl (C=O) groups is 2. The molecule has 9 nitrogen and oxygen atoms in total. The lowest BCUT2D eigenvalue weighted by molar-refractivity contribution is -0.870. The number of quaternary nitrogens is 1. The molecule has 0 aromatic rings. The molecule has 10 heteroatoms. The van der Waals surface area contributed by atoms with Gasteiger partial charge in [0, 0.05) is 12.8 Å². The number of ether oxygens (including phenoxy) is 2. The molecule has 262 valence electrons. The molecule has 0 aliphatic rings. The fourth-order valence-electron chi connectivity index (χ4n) is 4.11. The van der Waals surface area contributed by atoms with Crippen LogP contribution in [0.15, 0.2) is 36.5 Å². The molecule has 0 aromatic heterocycles. The average Bonchev–Trinajstić information content (AvgIpc) is 2.97. The number of rotatable bonds is 30. The van der Waals surface area contributed by atoms with E-state index in [1.165, 1.54) is 25.7 Å². The number of allylic oxidation sites excluding steroid dienone is 6. The van der Waals surface area contributed by atoms with Gasteiger partial charge >= 0.3 is 11.9 Å². The van der Waals surface area contributed by atoms with E-state index in [1.54, 1.807) is 0 Å². The van der Waals surface area contributed by atoms with Crippen molar-refractivity contribution in [3.63, 3.8) is 0 Å². The van der Waals surface area contributed by atoms with Crippen molar-refractivity contribution in [2.45, 2.75) is 129 Å². The molecule has 0 rings (SSSR count). The van der Waals surface area contributed by atoms with Crippen LogP contribution in [0.5, 0.6) is 0 Å². The highest BCUT2D eigenvalue weighted by molar-refractivity contribution is 7.45. The van der Waals surface area contributed by atoms with Gasteiger partial charge in [0.15, 0.2) is 6.10 Å². The highest BCUT2D eigenvalue weighted by atomic mass is 31.2. The maximum atomic E-state index is 12.4. The van der Waals surface area contributed by atoms with Crippen LogP contribution in [0.3, 0.4) is 0 Å². The lowest BCUT2D eigenvalue weighted by Gasteiger charge is -2.28. The SMILES string of the molecule is CCCCC/C=C\C/C=C\C/C=C\CCCCCCCCC(=O)OC(COC(=O)CCCC)COP(=O)([O-])OCC[N+](C)(C)C. The van der Waals surface area contributed by atoms with Gasteiger partial charge in [0.05, 0.1) is 27.7 Å². The monoisotopic (exact) mass is 657 g/mol. The lowest BCUT2D eigenvalue weighted by Crippen LogP contribution is -2.37. The molecule has 0 saturated carbocycles. The molecule has 0 radical (unpaired) electrons. The number of nitrogens with zero attached hydrogens (tertiary/aromatic N) is 1. The highest BCUT2D eigenvalue weighted by Gasteiger charge is 2.21. The van der Waals surface area contributed by atoms with Gasteiger partial charge in [-0.05, 0) is 51.4 Å². The second-order valence-electron chi connectivity index (χ2n) is 12.5. The normalized spacial score (nSPS) is 14.4. The summed E-state index contributed by atoms with van der Waals surface area (Å²) in [4.78, 5) is 36.5. The largest absolute Gasteiger partial charge is 0.756 e. The maximum absolute atomic E-state index is 12.4. The van der Waals surface area contributed by atoms with Crippen LogP contribution in [0, 0.1) is 0 Å². The summed E-state index contributed by atoms with van der Waals surface area (Å²) in [6.07, 6.45) is 28.6. The van der Waals surface area contributed by atoms with Gasteiger partial charge in [-0.1, -0.05) is 95.2 Å². The first-order chi connectivity index (χ1) is 21.5. The van der Waals surface area contributed by atoms with Crippen molar-refractivity contribution in [2.75, 3.05) is 47.5 Å². The molecule has 0 aliphatic heterocycles. The van der Waals surface area contributed by atoms with Gasteiger partial charge in [0.25, 0.3) is 7.82 Å². The number of phosphoric acid groups is 1. The summed E-state index contributed by atoms with van der Waals surface area (Å²) in [7, 11) is 1.14. The van der Waals surface area contributed by atoms with Crippen LogP contribution in [0.1, 0.15) is 123 Å². The summed E-state index contributed by atoms with van der Waals surface area (Å²) in [5.41, 5.74) is 0. The predicted molar refractivity (Wildman–Crippen MR) is 181 cm³/mol. The molecule has 0 aliphatic carbocycles. The molecule has 2 unspecified atom stereocenters. The number of esters is 2. The number of hydrogen-bond donors (Lipinski definition) is 0. The van der Waals surface area contributed by atoms with Crippen LogP contribution in [0.25, 0.3) is 0 Å². The van der Waals surface area contributed by atoms with Crippen LogP contribution >= 0.6 is 7.82 Å². The Kier molecular flexibility index (Phi) is 27.3. The number of phosphoric ester groups is 1. The summed E-state index contributed by atoms with van der Waals surface area (Å²) in [6.45, 7) is 3.88. The van der Waals surface area contributed by atoms with Crippen molar-refractivity contribution >= 4 is 19.8 Å². The van der Waals surface area contributed by atoms with Crippen molar-refractivity contribution in [3.05, 3.63) is 36.5 Å². The zero-order valence-electron chi connectivity index (χ0n) is 29.1. The fourth-order valence-corrected chi connectivity index (χ4v) is 4.84. The topological polar surface area (TPSA) is 111 Å². The van der Waals surface area contributed by atoms with Gasteiger partial charge in [-0.2, -0.15) is 0 Å². The third-order valence-corrected chi connectivity index (χ3v) is 7.88. The van der Waals surface area contributed by atoms with Gasteiger partial charge in [-0.25, -0.2) is 0 Å². The third kappa shape index (κ3) is 32.0. The summed E-state index contributed by atoms with van der Waals surface area (Å²) in [5, 5.41) is 0. The molecule has 45 heavy (non-hydrogen) atoms. The Hall–Kier alpha value is -1.77. The molecular weight excluding hydrogens is 593 g/mol. The molecule has 0 spiro atoms. The fraction of sp³-hybridized carbons (Fsp3) is 0.771. The second-order valence-corrected chi connectivity index (χ2v) is 13.9. The standard InChI is InChI=1S/C35H64NO8P/c1-6-8-10-11-12-13-14-15-16-17-18-19-20-21-22-23-24-25-26-28-35(38)44-33(31-41-34(37)27-9-7-2)32-43-45(39,40)42-30-29-36(3,4)5/h12-13,15-16,18-19,33H,6-11,14,17,20-32H2,1-5H3/b13-12-,16-15-,19-18-. The Morgan fingerprint density at radius 3 is 1.82 bits per heavy atom. The van der Waals surface area contributed by atoms with Crippen molar-refractivity contribution in [2.24, 2.45) is 0 Å². The summed E-state index contributed by atoms with van der Waals surface area (Å²) >= 11 is 0. The minimum Gasteiger partial charge on any atom is -0.756 e. The summed E-state index contributed by atoms with van der Waals surface area (Å²) in [5.74, 6) is -0.895. The first-order valence-electron chi connectivity index (χ1n) is 17.2. The van der Waals surface area contributed by atoms with Crippen molar-refractivity contribution in [1.82, 2.24) is 0 Å². The van der Waals surface area contributed by atoms with E-state index in [2.05, 4.69) is 43.4 Å². The number of unbranched alkanes of at least 4 members (excludes halogenated alkanes) is 10. The average molecular weight is 658 g/mol. The van der Waals surface area contributed by atoms with Gasteiger partial charge in [-0.3, -0.25) is 14.2 Å². The molecule has 0 aromatic carbocycles. The highest BCUT2D eigenvalue weighted by Crippen LogP contribution is 2.38. The molecule has 2 atom stereocenters. The Labute approximate surface area is 274 Å². The van der Waals surface area contributed by atoms with E-state index in [4.69, 9.17) is 18.5 Å². The van der Waals surface area contributed by atoms with Gasteiger partial charge in [0.2, 0.25) is 0 Å². The molecule has 0 fully saturated rings. The van der Waals surface area contributed by atoms with Gasteiger partial charge in [-0.15, -0.1) is 0 Å². The number of likely N-dealkylation sites (N-methyl/N-ethyl adjacent to an activating group) is 1. The van der Waals surface area contributed by atoms with Crippen molar-refractivity contribution < 1.29 is 42.1 Å². The quantitative estimate of drug-likeness (QED) is 0.0251. The maximum Gasteiger partial charge on any atom is 0.306 e. The van der Waals surface area contributed by atoms with Crippen molar-refractivity contribution in [3.8, 4) is 0 Å². The Bertz CT molecular complexity index is 881. The molecule has 0 amide bonds. The Morgan fingerprint density at radius 2 is 1.22 bits per heavy atom. The van der Waals surface area contributed by atoms with Crippen LogP contribution in [0.4, 0.5) is 0 Å². The van der Waals surface area contributed by atoms with Crippen LogP contribution in [-0.2, 0) is 32.7 Å². The van der Waals surface area contributed by atoms with E-state index in [9.17, 15) is 19.0 Å². The minimum absolute atomic E-state index is 0.0351. The Balaban J connectivity index is 4.20. The molecular formula is C35H64NO8P. The van der Waals surface area contributed by atoms with E-state index < -0.39 is 32.5 Å². The van der Waals surface area contributed by atoms with Crippen LogP contribution < -0.4 is 4.89 Å². The number of carbonyl (C=O) groups excluding carboxylic acids is 2. The smallest absolute Gasteiger partial charge is 0.306 e. The lowest BCUT2D eigenvalue weighted by atomic mass is 10.1. The first kappa shape index (κ1) is 43.2. The Morgan fingerprint density at radius 1 is 0.689 bits per heavy atom. The van der Waals surface area contributed by atoms with Crippen molar-refractivity contribution in [1.29, 1.82) is 0 Å². The van der Waals surface area contributed by atoms with Gasteiger partial charge < -0.3 is 27.9 Å². The molecule has 0 heterocycles. The van der Waals surface area contributed by atoms with E-state index in [1.807, 2.05) is 28.1 Å². The summed E-state index contributed by atoms with van der Waals surface area (Å²) < 4.78 is 33.2.